The van der Waals surface area contributed by atoms with Gasteiger partial charge in [0, 0.05) is 6.92 Å². The van der Waals surface area contributed by atoms with Gasteiger partial charge in [0.1, 0.15) is 0 Å². The van der Waals surface area contributed by atoms with E-state index in [0.29, 0.717) is 22.8 Å². The molecule has 0 aromatic heterocycles. The van der Waals surface area contributed by atoms with Crippen molar-refractivity contribution in [3.8, 4) is 0 Å². The zero-order valence-corrected chi connectivity index (χ0v) is 7.97. The van der Waals surface area contributed by atoms with Crippen molar-refractivity contribution >= 4 is 22.2 Å². The summed E-state index contributed by atoms with van der Waals surface area (Å²) in [5.41, 5.74) is 0. The summed E-state index contributed by atoms with van der Waals surface area (Å²) in [6, 6.07) is 0. The quantitative estimate of drug-likeness (QED) is 0.344. The molecule has 0 heterocycles. The molecule has 0 bridgehead atoms. The Kier molecular flexibility index (Phi) is 14.4. The molecule has 58 valence electrons. The molecule has 4 heteroatoms. The Labute approximate surface area is 69.4 Å². The molecule has 0 rings (SSSR count). The van der Waals surface area contributed by atoms with Crippen LogP contribution in [0.15, 0.2) is 0 Å². The normalized spacial score (nSPS) is 7.30. The first-order valence-corrected chi connectivity index (χ1v) is 3.77. The van der Waals surface area contributed by atoms with Crippen molar-refractivity contribution < 1.29 is 13.3 Å². The minimum absolute atomic E-state index is 0.182. The Morgan fingerprint density at radius 3 is 2.30 bits per heavy atom. The van der Waals surface area contributed by atoms with Gasteiger partial charge in [-0.2, -0.15) is 0 Å². The van der Waals surface area contributed by atoms with E-state index in [4.69, 9.17) is 3.80 Å². The van der Waals surface area contributed by atoms with E-state index < -0.39 is 0 Å². The van der Waals surface area contributed by atoms with Crippen LogP contribution in [0.4, 0.5) is 0 Å². The maximum atomic E-state index is 10.1. The number of unbranched alkanes of at least 4 members (excludes halogenated alkanes) is 1. The molecule has 0 amide bonds. The van der Waals surface area contributed by atoms with Crippen molar-refractivity contribution in [2.45, 2.75) is 26.7 Å². The topological polar surface area (TPSA) is 43.4 Å². The van der Waals surface area contributed by atoms with Gasteiger partial charge in [-0.15, -0.1) is 0 Å². The Morgan fingerprint density at radius 2 is 2.00 bits per heavy atom. The number of hydrogen-bond acceptors (Lipinski definition) is 3. The summed E-state index contributed by atoms with van der Waals surface area (Å²) in [6.45, 7) is 4.06. The van der Waals surface area contributed by atoms with E-state index in [9.17, 15) is 4.79 Å². The number of esters is 1. The summed E-state index contributed by atoms with van der Waals surface area (Å²) < 4.78 is 12.9. The fraction of sp³-hybridized carbons (Fsp3) is 0.833. The molecule has 0 saturated heterocycles. The average Bonchev–Trinajstić information content (AvgIpc) is 1.92. The van der Waals surface area contributed by atoms with E-state index in [-0.39, 0.29) is 5.97 Å². The standard InChI is InChI=1S/C6H12O2.Al.O.H/c1-3-4-5-8-6(2)7;;;/h3-5H2,1-2H3;;;. The second-order valence-electron chi connectivity index (χ2n) is 1.69. The molecule has 0 N–H and O–H groups in total. The van der Waals surface area contributed by atoms with E-state index >= 15 is 0 Å². The first kappa shape index (κ1) is 12.5. The van der Waals surface area contributed by atoms with Gasteiger partial charge in [-0.3, -0.25) is 4.79 Å². The van der Waals surface area contributed by atoms with Crippen LogP contribution in [0.1, 0.15) is 26.7 Å². The van der Waals surface area contributed by atoms with Gasteiger partial charge in [0.15, 0.2) is 0 Å². The first-order chi connectivity index (χ1) is 4.77. The molecule has 0 spiro atoms. The molecule has 0 radical (unpaired) electrons. The van der Waals surface area contributed by atoms with Crippen LogP contribution < -0.4 is 0 Å². The van der Waals surface area contributed by atoms with E-state index in [1.165, 1.54) is 6.92 Å². The number of carbonyl (C=O) groups is 1. The van der Waals surface area contributed by atoms with Gasteiger partial charge in [0.05, 0.1) is 6.61 Å². The summed E-state index contributed by atoms with van der Waals surface area (Å²) in [7, 11) is 0. The van der Waals surface area contributed by atoms with Crippen LogP contribution in [-0.2, 0) is 13.3 Å². The van der Waals surface area contributed by atoms with Gasteiger partial charge in [-0.05, 0) is 6.42 Å². The van der Waals surface area contributed by atoms with Crippen molar-refractivity contribution in [2.75, 3.05) is 6.61 Å². The van der Waals surface area contributed by atoms with Crippen LogP contribution >= 0.6 is 0 Å². The molecule has 3 nitrogen and oxygen atoms in total. The van der Waals surface area contributed by atoms with Crippen LogP contribution in [0.3, 0.4) is 0 Å². The monoisotopic (exact) mass is 160 g/mol. The Balaban J connectivity index is 0. The number of rotatable bonds is 3. The molecule has 0 saturated carbocycles. The second kappa shape index (κ2) is 11.6. The van der Waals surface area contributed by atoms with Crippen molar-refractivity contribution in [1.29, 1.82) is 0 Å². The summed E-state index contributed by atoms with van der Waals surface area (Å²) in [4.78, 5) is 10.1. The van der Waals surface area contributed by atoms with E-state index in [2.05, 4.69) is 11.7 Å². The third-order valence-electron chi connectivity index (χ3n) is 0.803. The fourth-order valence-corrected chi connectivity index (χ4v) is 0.360. The second-order valence-corrected chi connectivity index (χ2v) is 1.69. The Morgan fingerprint density at radius 1 is 1.50 bits per heavy atom. The third kappa shape index (κ3) is 15.7. The van der Waals surface area contributed by atoms with Gasteiger partial charge < -0.3 is 4.74 Å². The minimum atomic E-state index is -0.182. The first-order valence-electron chi connectivity index (χ1n) is 3.19. The van der Waals surface area contributed by atoms with Crippen molar-refractivity contribution in [3.63, 3.8) is 0 Å². The molecule has 10 heavy (non-hydrogen) atoms. The predicted molar refractivity (Wildman–Crippen MR) is 39.4 cm³/mol. The number of hydrogen-bond donors (Lipinski definition) is 0. The number of ether oxygens (including phenoxy) is 1. The van der Waals surface area contributed by atoms with Crippen molar-refractivity contribution in [3.05, 3.63) is 0 Å². The Hall–Kier alpha value is -0.198. The third-order valence-corrected chi connectivity index (χ3v) is 0.803. The summed E-state index contributed by atoms with van der Waals surface area (Å²) in [5, 5.41) is 0. The molecule has 0 atom stereocenters. The van der Waals surface area contributed by atoms with Gasteiger partial charge in [0.2, 0.25) is 0 Å². The molecular formula is C6H13AlO3. The van der Waals surface area contributed by atoms with E-state index in [1.54, 1.807) is 0 Å². The van der Waals surface area contributed by atoms with Gasteiger partial charge in [0.25, 0.3) is 0 Å². The molecule has 0 aliphatic rings. The van der Waals surface area contributed by atoms with Crippen LogP contribution in [0.2, 0.25) is 0 Å². The van der Waals surface area contributed by atoms with Crippen LogP contribution in [-0.4, -0.2) is 28.8 Å². The fourth-order valence-electron chi connectivity index (χ4n) is 0.360. The summed E-state index contributed by atoms with van der Waals surface area (Å²) >= 11 is 0.611. The molecule has 0 aliphatic carbocycles. The van der Waals surface area contributed by atoms with E-state index in [1.807, 2.05) is 0 Å². The number of carbonyl (C=O) groups excluding carboxylic acids is 1. The van der Waals surface area contributed by atoms with Crippen molar-refractivity contribution in [2.24, 2.45) is 0 Å². The molecule has 0 unspecified atom stereocenters. The van der Waals surface area contributed by atoms with Crippen LogP contribution in [0.25, 0.3) is 0 Å². The van der Waals surface area contributed by atoms with Crippen LogP contribution in [0.5, 0.6) is 0 Å². The predicted octanol–water partition coefficient (Wildman–Crippen LogP) is 0.582. The Bertz CT molecular complexity index is 85.1. The maximum absolute atomic E-state index is 10.1. The molecule has 0 aliphatic heterocycles. The zero-order chi connectivity index (χ0) is 8.41. The molecular weight excluding hydrogens is 147 g/mol. The summed E-state index contributed by atoms with van der Waals surface area (Å²) in [5.74, 6) is -0.182. The summed E-state index contributed by atoms with van der Waals surface area (Å²) in [6.07, 6.45) is 2.05. The molecule has 0 aromatic rings. The SMILES string of the molecule is CCCCOC(C)=O.[O]=[AlH]. The van der Waals surface area contributed by atoms with Crippen LogP contribution in [0, 0.1) is 0 Å². The van der Waals surface area contributed by atoms with Gasteiger partial charge in [-0.25, -0.2) is 0 Å². The zero-order valence-electron chi connectivity index (χ0n) is 6.55. The van der Waals surface area contributed by atoms with Crippen molar-refractivity contribution in [1.82, 2.24) is 0 Å². The molecule has 0 fully saturated rings. The average molecular weight is 160 g/mol. The van der Waals surface area contributed by atoms with Gasteiger partial charge >= 0.3 is 26.0 Å². The van der Waals surface area contributed by atoms with Gasteiger partial charge in [-0.1, -0.05) is 13.3 Å². The van der Waals surface area contributed by atoms with E-state index in [0.717, 1.165) is 12.8 Å². The molecule has 0 aromatic carbocycles.